The van der Waals surface area contributed by atoms with Crippen molar-refractivity contribution in [3.63, 3.8) is 0 Å². The lowest BCUT2D eigenvalue weighted by molar-refractivity contribution is -0.138. The van der Waals surface area contributed by atoms with Crippen LogP contribution in [0.4, 0.5) is 0 Å². The van der Waals surface area contributed by atoms with Gasteiger partial charge >= 0.3 is 0 Å². The van der Waals surface area contributed by atoms with E-state index in [1.807, 2.05) is 17.0 Å². The molecule has 0 saturated heterocycles. The highest BCUT2D eigenvalue weighted by atomic mass is 32.1. The maximum atomic E-state index is 12.1. The van der Waals surface area contributed by atoms with Crippen LogP contribution in [0.25, 0.3) is 0 Å². The van der Waals surface area contributed by atoms with E-state index in [1.54, 1.807) is 11.3 Å². The molecule has 1 aromatic heterocycles. The monoisotopic (exact) mass is 235 g/mol. The van der Waals surface area contributed by atoms with E-state index in [0.717, 1.165) is 19.4 Å². The molecular formula is C13H17NOS. The van der Waals surface area contributed by atoms with E-state index >= 15 is 0 Å². The highest BCUT2D eigenvalue weighted by molar-refractivity contribution is 7.09. The molecule has 0 aromatic carbocycles. The molecule has 0 bridgehead atoms. The SMILES string of the molecule is C=CCN(Cc1cccs1)C(=O)C1CCC1. The Balaban J connectivity index is 1.98. The number of amides is 1. The molecule has 0 N–H and O–H groups in total. The average Bonchev–Trinajstić information content (AvgIpc) is 2.67. The van der Waals surface area contributed by atoms with Crippen LogP contribution in [0.5, 0.6) is 0 Å². The van der Waals surface area contributed by atoms with Crippen molar-refractivity contribution < 1.29 is 4.79 Å². The standard InChI is InChI=1S/C13H17NOS/c1-2-8-14(10-12-7-4-9-16-12)13(15)11-5-3-6-11/h2,4,7,9,11H,1,3,5-6,8,10H2. The van der Waals surface area contributed by atoms with Gasteiger partial charge < -0.3 is 4.90 Å². The summed E-state index contributed by atoms with van der Waals surface area (Å²) in [5.74, 6) is 0.583. The minimum atomic E-state index is 0.278. The van der Waals surface area contributed by atoms with Crippen molar-refractivity contribution in [2.45, 2.75) is 25.8 Å². The van der Waals surface area contributed by atoms with Gasteiger partial charge in [0.15, 0.2) is 0 Å². The van der Waals surface area contributed by atoms with Gasteiger partial charge in [0.2, 0.25) is 5.91 Å². The molecule has 3 heteroatoms. The van der Waals surface area contributed by atoms with E-state index in [2.05, 4.69) is 18.0 Å². The normalized spacial score (nSPS) is 15.5. The molecule has 1 fully saturated rings. The van der Waals surface area contributed by atoms with Gasteiger partial charge in [0.1, 0.15) is 0 Å². The van der Waals surface area contributed by atoms with Crippen LogP contribution in [0.2, 0.25) is 0 Å². The van der Waals surface area contributed by atoms with Gasteiger partial charge in [-0.25, -0.2) is 0 Å². The Bertz CT molecular complexity index is 354. The zero-order chi connectivity index (χ0) is 11.4. The van der Waals surface area contributed by atoms with Gasteiger partial charge in [-0.15, -0.1) is 17.9 Å². The molecule has 2 rings (SSSR count). The van der Waals surface area contributed by atoms with Crippen LogP contribution >= 0.6 is 11.3 Å². The quantitative estimate of drug-likeness (QED) is 0.718. The average molecular weight is 235 g/mol. The van der Waals surface area contributed by atoms with Crippen molar-refractivity contribution >= 4 is 17.2 Å². The number of carbonyl (C=O) groups is 1. The zero-order valence-electron chi connectivity index (χ0n) is 9.39. The summed E-state index contributed by atoms with van der Waals surface area (Å²) in [6.07, 6.45) is 5.15. The summed E-state index contributed by atoms with van der Waals surface area (Å²) in [6, 6.07) is 4.11. The third-order valence-corrected chi connectivity index (χ3v) is 3.90. The van der Waals surface area contributed by atoms with E-state index in [4.69, 9.17) is 0 Å². The fourth-order valence-electron chi connectivity index (χ4n) is 1.89. The third-order valence-electron chi connectivity index (χ3n) is 3.04. The summed E-state index contributed by atoms with van der Waals surface area (Å²) in [5.41, 5.74) is 0. The van der Waals surface area contributed by atoms with E-state index in [1.165, 1.54) is 11.3 Å². The van der Waals surface area contributed by atoms with Gasteiger partial charge in [-0.1, -0.05) is 18.6 Å². The molecule has 1 saturated carbocycles. The number of hydrogen-bond donors (Lipinski definition) is 0. The maximum absolute atomic E-state index is 12.1. The minimum absolute atomic E-state index is 0.278. The molecule has 0 spiro atoms. The van der Waals surface area contributed by atoms with Crippen molar-refractivity contribution in [1.82, 2.24) is 4.90 Å². The second-order valence-corrected chi connectivity index (χ2v) is 5.25. The molecule has 86 valence electrons. The number of hydrogen-bond acceptors (Lipinski definition) is 2. The molecular weight excluding hydrogens is 218 g/mol. The van der Waals surface area contributed by atoms with Crippen molar-refractivity contribution in [2.75, 3.05) is 6.54 Å². The molecule has 1 amide bonds. The topological polar surface area (TPSA) is 20.3 Å². The fourth-order valence-corrected chi connectivity index (χ4v) is 2.61. The van der Waals surface area contributed by atoms with E-state index in [0.29, 0.717) is 12.5 Å². The predicted octanol–water partition coefficient (Wildman–Crippen LogP) is 3.06. The van der Waals surface area contributed by atoms with Crippen LogP contribution in [-0.4, -0.2) is 17.4 Å². The molecule has 0 radical (unpaired) electrons. The zero-order valence-corrected chi connectivity index (χ0v) is 10.2. The van der Waals surface area contributed by atoms with Gasteiger partial charge in [0.25, 0.3) is 0 Å². The van der Waals surface area contributed by atoms with Crippen LogP contribution in [0, 0.1) is 5.92 Å². The van der Waals surface area contributed by atoms with Crippen LogP contribution in [0.1, 0.15) is 24.1 Å². The highest BCUT2D eigenvalue weighted by Gasteiger charge is 2.28. The van der Waals surface area contributed by atoms with Crippen molar-refractivity contribution in [3.05, 3.63) is 35.0 Å². The van der Waals surface area contributed by atoms with E-state index < -0.39 is 0 Å². The number of thiophene rings is 1. The summed E-state index contributed by atoms with van der Waals surface area (Å²) in [5, 5.41) is 2.05. The summed E-state index contributed by atoms with van der Waals surface area (Å²) in [7, 11) is 0. The summed E-state index contributed by atoms with van der Waals surface area (Å²) < 4.78 is 0. The van der Waals surface area contributed by atoms with Crippen LogP contribution in [0.3, 0.4) is 0 Å². The largest absolute Gasteiger partial charge is 0.334 e. The van der Waals surface area contributed by atoms with Gasteiger partial charge in [-0.05, 0) is 24.3 Å². The first-order valence-electron chi connectivity index (χ1n) is 5.73. The lowest BCUT2D eigenvalue weighted by atomic mass is 9.84. The predicted molar refractivity (Wildman–Crippen MR) is 67.3 cm³/mol. The van der Waals surface area contributed by atoms with Crippen LogP contribution in [-0.2, 0) is 11.3 Å². The Morgan fingerprint density at radius 3 is 2.94 bits per heavy atom. The second kappa shape index (κ2) is 5.30. The molecule has 0 unspecified atom stereocenters. The first kappa shape index (κ1) is 11.4. The molecule has 1 aromatic rings. The number of carbonyl (C=O) groups excluding carboxylic acids is 1. The molecule has 1 heterocycles. The van der Waals surface area contributed by atoms with Crippen molar-refractivity contribution in [1.29, 1.82) is 0 Å². The van der Waals surface area contributed by atoms with Gasteiger partial charge in [-0.2, -0.15) is 0 Å². The highest BCUT2D eigenvalue weighted by Crippen LogP contribution is 2.29. The summed E-state index contributed by atoms with van der Waals surface area (Å²) in [4.78, 5) is 15.3. The number of rotatable bonds is 5. The lowest BCUT2D eigenvalue weighted by Crippen LogP contribution is -2.38. The lowest BCUT2D eigenvalue weighted by Gasteiger charge is -2.30. The van der Waals surface area contributed by atoms with Crippen LogP contribution < -0.4 is 0 Å². The molecule has 0 aliphatic heterocycles. The fraction of sp³-hybridized carbons (Fsp3) is 0.462. The van der Waals surface area contributed by atoms with E-state index in [-0.39, 0.29) is 5.92 Å². The third kappa shape index (κ3) is 2.53. The minimum Gasteiger partial charge on any atom is -0.334 e. The molecule has 2 nitrogen and oxygen atoms in total. The Kier molecular flexibility index (Phi) is 3.78. The van der Waals surface area contributed by atoms with Gasteiger partial charge in [0, 0.05) is 17.3 Å². The van der Waals surface area contributed by atoms with E-state index in [9.17, 15) is 4.79 Å². The Hall–Kier alpha value is -1.09. The number of nitrogens with zero attached hydrogens (tertiary/aromatic N) is 1. The smallest absolute Gasteiger partial charge is 0.226 e. The van der Waals surface area contributed by atoms with Crippen molar-refractivity contribution in [2.24, 2.45) is 5.92 Å². The Labute approximate surface area is 101 Å². The summed E-state index contributed by atoms with van der Waals surface area (Å²) >= 11 is 1.70. The molecule has 16 heavy (non-hydrogen) atoms. The molecule has 1 aliphatic carbocycles. The van der Waals surface area contributed by atoms with Crippen molar-refractivity contribution in [3.8, 4) is 0 Å². The second-order valence-electron chi connectivity index (χ2n) is 4.21. The van der Waals surface area contributed by atoms with Gasteiger partial charge in [0.05, 0.1) is 6.54 Å². The first-order chi connectivity index (χ1) is 7.81. The first-order valence-corrected chi connectivity index (χ1v) is 6.61. The molecule has 1 aliphatic rings. The van der Waals surface area contributed by atoms with Crippen LogP contribution in [0.15, 0.2) is 30.2 Å². The Morgan fingerprint density at radius 1 is 1.62 bits per heavy atom. The van der Waals surface area contributed by atoms with Gasteiger partial charge in [-0.3, -0.25) is 4.79 Å². The maximum Gasteiger partial charge on any atom is 0.226 e. The summed E-state index contributed by atoms with van der Waals surface area (Å²) in [6.45, 7) is 5.12. The Morgan fingerprint density at radius 2 is 2.44 bits per heavy atom. The molecule has 0 atom stereocenters.